The molecule has 1 saturated carbocycles. The minimum atomic E-state index is 0.602. The summed E-state index contributed by atoms with van der Waals surface area (Å²) in [6.07, 6.45) is 14.6. The molecule has 0 amide bonds. The third kappa shape index (κ3) is 4.56. The number of fused-ring (bicyclic) bond motifs is 1. The van der Waals surface area contributed by atoms with Gasteiger partial charge in [0.2, 0.25) is 0 Å². The highest BCUT2D eigenvalue weighted by Gasteiger charge is 2.30. The summed E-state index contributed by atoms with van der Waals surface area (Å²) in [4.78, 5) is 0. The molecule has 1 atom stereocenters. The molecular formula is C31H36N4O. The molecule has 186 valence electrons. The van der Waals surface area contributed by atoms with Gasteiger partial charge in [-0.2, -0.15) is 10.2 Å². The van der Waals surface area contributed by atoms with Crippen LogP contribution in [0.3, 0.4) is 0 Å². The topological polar surface area (TPSA) is 55.9 Å². The molecule has 6 rings (SSSR count). The third-order valence-electron chi connectivity index (χ3n) is 7.48. The van der Waals surface area contributed by atoms with E-state index in [1.807, 2.05) is 12.3 Å². The Labute approximate surface area is 214 Å². The smallest absolute Gasteiger partial charge is 0.0655 e. The number of hydrogen-bond acceptors (Lipinski definition) is 3. The Morgan fingerprint density at radius 2 is 1.56 bits per heavy atom. The van der Waals surface area contributed by atoms with Gasteiger partial charge < -0.3 is 5.11 Å². The first kappa shape index (κ1) is 24.3. The van der Waals surface area contributed by atoms with Crippen LogP contribution in [0, 0.1) is 0 Å². The van der Waals surface area contributed by atoms with Crippen molar-refractivity contribution in [2.24, 2.45) is 0 Å². The lowest BCUT2D eigenvalue weighted by Gasteiger charge is -2.15. The molecule has 5 nitrogen and oxygen atoms in total. The summed E-state index contributed by atoms with van der Waals surface area (Å²) in [7, 11) is 1.00. The zero-order chi connectivity index (χ0) is 25.1. The van der Waals surface area contributed by atoms with Gasteiger partial charge in [-0.05, 0) is 73.1 Å². The minimum absolute atomic E-state index is 0.602. The second-order valence-corrected chi connectivity index (χ2v) is 9.82. The standard InChI is InChI=1S/C30H32N4.CH4O/c1-3-5-8-22-15-16-26-20-32-34(30(22)26)28-12-7-10-25(18-28)24-9-6-11-27(17-24)33-29(23-13-14-23)21(4-2)19-31-33;1-2/h4,6-7,9-12,17-20,22-23H,2-3,5,8,13-16H2,1H3;2H,1H3. The van der Waals surface area contributed by atoms with Gasteiger partial charge in [-0.25, -0.2) is 9.36 Å². The lowest BCUT2D eigenvalue weighted by molar-refractivity contribution is 0.399. The van der Waals surface area contributed by atoms with Crippen LogP contribution >= 0.6 is 0 Å². The predicted octanol–water partition coefficient (Wildman–Crippen LogP) is 7.07. The van der Waals surface area contributed by atoms with Crippen molar-refractivity contribution >= 4 is 6.08 Å². The number of aromatic nitrogens is 4. The Hall–Kier alpha value is -3.44. The molecule has 2 aromatic heterocycles. The maximum atomic E-state index is 7.00. The van der Waals surface area contributed by atoms with Crippen LogP contribution in [-0.2, 0) is 6.42 Å². The molecule has 4 aromatic rings. The van der Waals surface area contributed by atoms with E-state index in [9.17, 15) is 0 Å². The average Bonchev–Trinajstić information content (AvgIpc) is 3.35. The Morgan fingerprint density at radius 1 is 0.917 bits per heavy atom. The maximum absolute atomic E-state index is 7.00. The van der Waals surface area contributed by atoms with Crippen LogP contribution in [0.1, 0.15) is 79.8 Å². The van der Waals surface area contributed by atoms with Crippen molar-refractivity contribution in [3.63, 3.8) is 0 Å². The molecule has 0 spiro atoms. The highest BCUT2D eigenvalue weighted by Crippen LogP contribution is 2.43. The highest BCUT2D eigenvalue weighted by atomic mass is 16.2. The summed E-state index contributed by atoms with van der Waals surface area (Å²) in [6, 6.07) is 17.5. The van der Waals surface area contributed by atoms with Crippen molar-refractivity contribution in [3.05, 3.63) is 90.0 Å². The molecule has 0 radical (unpaired) electrons. The summed E-state index contributed by atoms with van der Waals surface area (Å²) in [5.41, 5.74) is 9.97. The molecule has 36 heavy (non-hydrogen) atoms. The van der Waals surface area contributed by atoms with Crippen LogP contribution in [-0.4, -0.2) is 31.8 Å². The van der Waals surface area contributed by atoms with Gasteiger partial charge in [0.1, 0.15) is 0 Å². The van der Waals surface area contributed by atoms with E-state index in [1.165, 1.54) is 66.6 Å². The fraction of sp³-hybridized carbons (Fsp3) is 0.355. The molecule has 1 fully saturated rings. The molecule has 5 heteroatoms. The van der Waals surface area contributed by atoms with Crippen molar-refractivity contribution in [1.29, 1.82) is 0 Å². The molecule has 1 N–H and O–H groups in total. The van der Waals surface area contributed by atoms with E-state index in [0.717, 1.165) is 30.5 Å². The first-order valence-electron chi connectivity index (χ1n) is 13.2. The molecule has 0 bridgehead atoms. The lowest BCUT2D eigenvalue weighted by atomic mass is 9.99. The van der Waals surface area contributed by atoms with Gasteiger partial charge in [-0.1, -0.05) is 56.7 Å². The summed E-state index contributed by atoms with van der Waals surface area (Å²) in [5.74, 6) is 1.23. The van der Waals surface area contributed by atoms with Crippen molar-refractivity contribution in [3.8, 4) is 22.5 Å². The van der Waals surface area contributed by atoms with Crippen molar-refractivity contribution < 1.29 is 5.11 Å². The molecule has 1 unspecified atom stereocenters. The number of hydrogen-bond donors (Lipinski definition) is 1. The van der Waals surface area contributed by atoms with Crippen molar-refractivity contribution in [2.75, 3.05) is 7.11 Å². The molecule has 2 aliphatic carbocycles. The summed E-state index contributed by atoms with van der Waals surface area (Å²) in [6.45, 7) is 6.27. The second-order valence-electron chi connectivity index (χ2n) is 9.82. The van der Waals surface area contributed by atoms with E-state index >= 15 is 0 Å². The van der Waals surface area contributed by atoms with E-state index in [2.05, 4.69) is 77.6 Å². The fourth-order valence-electron chi connectivity index (χ4n) is 5.56. The van der Waals surface area contributed by atoms with E-state index in [-0.39, 0.29) is 0 Å². The van der Waals surface area contributed by atoms with Gasteiger partial charge in [-0.15, -0.1) is 0 Å². The van der Waals surface area contributed by atoms with Crippen LogP contribution in [0.5, 0.6) is 0 Å². The number of unbranched alkanes of at least 4 members (excludes halogenated alkanes) is 1. The van der Waals surface area contributed by atoms with Crippen LogP contribution in [0.2, 0.25) is 0 Å². The van der Waals surface area contributed by atoms with Gasteiger partial charge in [-0.3, -0.25) is 0 Å². The number of aryl methyl sites for hydroxylation is 1. The Morgan fingerprint density at radius 3 is 2.17 bits per heavy atom. The van der Waals surface area contributed by atoms with Crippen LogP contribution in [0.4, 0.5) is 0 Å². The maximum Gasteiger partial charge on any atom is 0.0655 e. The fourth-order valence-corrected chi connectivity index (χ4v) is 5.56. The van der Waals surface area contributed by atoms with Gasteiger partial charge in [0.05, 0.1) is 35.2 Å². The van der Waals surface area contributed by atoms with Crippen LogP contribution in [0.15, 0.2) is 67.5 Å². The number of nitrogens with zero attached hydrogens (tertiary/aromatic N) is 4. The lowest BCUT2D eigenvalue weighted by Crippen LogP contribution is -2.06. The Balaban J connectivity index is 0.00000130. The Kier molecular flexibility index (Phi) is 7.19. The molecule has 2 aromatic carbocycles. The zero-order valence-corrected chi connectivity index (χ0v) is 21.4. The number of benzene rings is 2. The zero-order valence-electron chi connectivity index (χ0n) is 21.4. The van der Waals surface area contributed by atoms with E-state index in [4.69, 9.17) is 15.3 Å². The summed E-state index contributed by atoms with van der Waals surface area (Å²) in [5, 5.41) is 16.5. The second kappa shape index (κ2) is 10.7. The molecule has 0 aliphatic heterocycles. The van der Waals surface area contributed by atoms with E-state index in [0.29, 0.717) is 11.8 Å². The normalized spacial score (nSPS) is 16.4. The minimum Gasteiger partial charge on any atom is -0.400 e. The monoisotopic (exact) mass is 480 g/mol. The third-order valence-corrected chi connectivity index (χ3v) is 7.48. The van der Waals surface area contributed by atoms with E-state index in [1.54, 1.807) is 0 Å². The summed E-state index contributed by atoms with van der Waals surface area (Å²) < 4.78 is 4.31. The Bertz CT molecular complexity index is 1340. The SMILES string of the molecule is C=Cc1cnn(-c2cccc(-c3cccc(-n4ncc5c4C(CCCC)CC5)c3)c2)c1C1CC1.CO. The van der Waals surface area contributed by atoms with E-state index < -0.39 is 0 Å². The number of aliphatic hydroxyl groups is 1. The first-order chi connectivity index (χ1) is 17.8. The highest BCUT2D eigenvalue weighted by molar-refractivity contribution is 5.68. The van der Waals surface area contributed by atoms with Gasteiger partial charge in [0, 0.05) is 24.5 Å². The largest absolute Gasteiger partial charge is 0.400 e. The summed E-state index contributed by atoms with van der Waals surface area (Å²) >= 11 is 0. The quantitative estimate of drug-likeness (QED) is 0.293. The van der Waals surface area contributed by atoms with Crippen molar-refractivity contribution in [2.45, 2.75) is 63.7 Å². The van der Waals surface area contributed by atoms with Gasteiger partial charge in [0.15, 0.2) is 0 Å². The molecule has 2 heterocycles. The molecule has 0 saturated heterocycles. The molecule has 2 aliphatic rings. The van der Waals surface area contributed by atoms with Gasteiger partial charge >= 0.3 is 0 Å². The van der Waals surface area contributed by atoms with Crippen molar-refractivity contribution in [1.82, 2.24) is 19.6 Å². The van der Waals surface area contributed by atoms with Gasteiger partial charge in [0.25, 0.3) is 0 Å². The number of rotatable bonds is 8. The predicted molar refractivity (Wildman–Crippen MR) is 147 cm³/mol. The first-order valence-corrected chi connectivity index (χ1v) is 13.2. The van der Waals surface area contributed by atoms with Crippen LogP contribution in [0.25, 0.3) is 28.6 Å². The average molecular weight is 481 g/mol. The molecular weight excluding hydrogens is 444 g/mol. The van der Waals surface area contributed by atoms with Crippen LogP contribution < -0.4 is 0 Å². The number of aliphatic hydroxyl groups excluding tert-OH is 1.